The fourth-order valence-corrected chi connectivity index (χ4v) is 4.52. The van der Waals surface area contributed by atoms with E-state index in [4.69, 9.17) is 9.47 Å². The molecule has 1 saturated heterocycles. The van der Waals surface area contributed by atoms with Crippen molar-refractivity contribution in [3.8, 4) is 0 Å². The molecular weight excluding hydrogens is 298 g/mol. The van der Waals surface area contributed by atoms with E-state index in [1.807, 2.05) is 0 Å². The van der Waals surface area contributed by atoms with Gasteiger partial charge in [0.15, 0.2) is 5.79 Å². The molecule has 0 aromatic heterocycles. The highest BCUT2D eigenvalue weighted by Crippen LogP contribution is 2.47. The number of hydrogen-bond donors (Lipinski definition) is 0. The maximum Gasteiger partial charge on any atom is 0.168 e. The minimum atomic E-state index is -0.238. The topological polar surface area (TPSA) is 21.7 Å². The molecule has 24 heavy (non-hydrogen) atoms. The van der Waals surface area contributed by atoms with E-state index in [0.29, 0.717) is 11.5 Å². The summed E-state index contributed by atoms with van der Waals surface area (Å²) in [6.45, 7) is 13.9. The van der Waals surface area contributed by atoms with Crippen molar-refractivity contribution in [2.75, 3.05) is 26.2 Å². The SMILES string of the molecule is CCN(CCC1COC2(CCC(C(C)(C)CC)CC2)O1)CC1CC1. The van der Waals surface area contributed by atoms with Crippen molar-refractivity contribution in [1.82, 2.24) is 4.90 Å². The van der Waals surface area contributed by atoms with Gasteiger partial charge in [-0.25, -0.2) is 0 Å². The quantitative estimate of drug-likeness (QED) is 0.632. The van der Waals surface area contributed by atoms with Gasteiger partial charge in [0, 0.05) is 25.9 Å². The summed E-state index contributed by atoms with van der Waals surface area (Å²) in [5, 5.41) is 0. The molecule has 1 atom stereocenters. The van der Waals surface area contributed by atoms with Crippen LogP contribution in [0, 0.1) is 17.3 Å². The van der Waals surface area contributed by atoms with E-state index >= 15 is 0 Å². The summed E-state index contributed by atoms with van der Waals surface area (Å²) < 4.78 is 12.7. The molecule has 2 aliphatic carbocycles. The van der Waals surface area contributed by atoms with Gasteiger partial charge in [-0.05, 0) is 55.9 Å². The number of rotatable bonds is 8. The molecule has 0 N–H and O–H groups in total. The molecule has 2 saturated carbocycles. The second-order valence-electron chi connectivity index (χ2n) is 9.20. The third-order valence-electron chi connectivity index (χ3n) is 7.11. The van der Waals surface area contributed by atoms with Gasteiger partial charge in [-0.2, -0.15) is 0 Å². The predicted octanol–water partition coefficient (Wildman–Crippen LogP) is 4.85. The Morgan fingerprint density at radius 1 is 1.08 bits per heavy atom. The van der Waals surface area contributed by atoms with E-state index in [0.717, 1.165) is 37.7 Å². The molecule has 0 aromatic rings. The Labute approximate surface area is 149 Å². The zero-order valence-electron chi connectivity index (χ0n) is 16.5. The lowest BCUT2D eigenvalue weighted by Crippen LogP contribution is -2.39. The summed E-state index contributed by atoms with van der Waals surface area (Å²) >= 11 is 0. The molecule has 0 aromatic carbocycles. The smallest absolute Gasteiger partial charge is 0.168 e. The van der Waals surface area contributed by atoms with Crippen LogP contribution in [0.3, 0.4) is 0 Å². The van der Waals surface area contributed by atoms with Crippen molar-refractivity contribution >= 4 is 0 Å². The molecule has 1 spiro atoms. The molecule has 1 heterocycles. The van der Waals surface area contributed by atoms with Crippen LogP contribution in [0.25, 0.3) is 0 Å². The first-order valence-corrected chi connectivity index (χ1v) is 10.5. The lowest BCUT2D eigenvalue weighted by Gasteiger charge is -2.42. The summed E-state index contributed by atoms with van der Waals surface area (Å²) in [6, 6.07) is 0. The molecule has 0 amide bonds. The first-order chi connectivity index (χ1) is 11.5. The summed E-state index contributed by atoms with van der Waals surface area (Å²) in [7, 11) is 0. The van der Waals surface area contributed by atoms with Crippen molar-refractivity contribution in [3.05, 3.63) is 0 Å². The third-order valence-corrected chi connectivity index (χ3v) is 7.11. The van der Waals surface area contributed by atoms with Gasteiger partial charge < -0.3 is 14.4 Å². The molecule has 140 valence electrons. The zero-order chi connectivity index (χ0) is 17.2. The largest absolute Gasteiger partial charge is 0.347 e. The van der Waals surface area contributed by atoms with Crippen molar-refractivity contribution in [3.63, 3.8) is 0 Å². The van der Waals surface area contributed by atoms with Crippen molar-refractivity contribution < 1.29 is 9.47 Å². The molecule has 1 unspecified atom stereocenters. The second kappa shape index (κ2) is 7.63. The van der Waals surface area contributed by atoms with Gasteiger partial charge in [0.25, 0.3) is 0 Å². The van der Waals surface area contributed by atoms with E-state index < -0.39 is 0 Å². The van der Waals surface area contributed by atoms with Crippen LogP contribution in [0.5, 0.6) is 0 Å². The summed E-state index contributed by atoms with van der Waals surface area (Å²) in [6.07, 6.45) is 10.3. The van der Waals surface area contributed by atoms with Crippen LogP contribution < -0.4 is 0 Å². The standard InChI is InChI=1S/C21H39NO2/c1-5-20(3,4)18-9-12-21(13-10-18)23-16-19(24-21)11-14-22(6-2)15-17-7-8-17/h17-19H,5-16H2,1-4H3. The number of hydrogen-bond acceptors (Lipinski definition) is 3. The molecule has 0 radical (unpaired) electrons. The Morgan fingerprint density at radius 3 is 2.38 bits per heavy atom. The van der Waals surface area contributed by atoms with Gasteiger partial charge >= 0.3 is 0 Å². The molecule has 3 heteroatoms. The van der Waals surface area contributed by atoms with Gasteiger partial charge in [0.05, 0.1) is 12.7 Å². The lowest BCUT2D eigenvalue weighted by atomic mass is 9.68. The maximum atomic E-state index is 6.45. The maximum absolute atomic E-state index is 6.45. The molecule has 3 fully saturated rings. The van der Waals surface area contributed by atoms with Crippen LogP contribution in [0.1, 0.15) is 79.1 Å². The van der Waals surface area contributed by atoms with Crippen LogP contribution in [-0.4, -0.2) is 43.0 Å². The van der Waals surface area contributed by atoms with Gasteiger partial charge in [0.2, 0.25) is 0 Å². The van der Waals surface area contributed by atoms with Gasteiger partial charge in [0.1, 0.15) is 0 Å². The summed E-state index contributed by atoms with van der Waals surface area (Å²) in [5.74, 6) is 1.57. The summed E-state index contributed by atoms with van der Waals surface area (Å²) in [5.41, 5.74) is 0.462. The Hall–Kier alpha value is -0.120. The average Bonchev–Trinajstić information content (AvgIpc) is 3.33. The van der Waals surface area contributed by atoms with Gasteiger partial charge in [-0.3, -0.25) is 0 Å². The minimum absolute atomic E-state index is 0.238. The van der Waals surface area contributed by atoms with Crippen LogP contribution in [0.2, 0.25) is 0 Å². The van der Waals surface area contributed by atoms with Crippen molar-refractivity contribution in [2.24, 2.45) is 17.3 Å². The highest BCUT2D eigenvalue weighted by Gasteiger charge is 2.46. The molecule has 0 bridgehead atoms. The Morgan fingerprint density at radius 2 is 1.79 bits per heavy atom. The second-order valence-corrected chi connectivity index (χ2v) is 9.20. The van der Waals surface area contributed by atoms with E-state index in [9.17, 15) is 0 Å². The summed E-state index contributed by atoms with van der Waals surface area (Å²) in [4.78, 5) is 2.60. The van der Waals surface area contributed by atoms with E-state index in [1.165, 1.54) is 51.7 Å². The monoisotopic (exact) mass is 337 g/mol. The zero-order valence-corrected chi connectivity index (χ0v) is 16.5. The minimum Gasteiger partial charge on any atom is -0.347 e. The fraction of sp³-hybridized carbons (Fsp3) is 1.00. The van der Waals surface area contributed by atoms with Crippen LogP contribution in [-0.2, 0) is 9.47 Å². The molecule has 3 rings (SSSR count). The Balaban J connectivity index is 1.42. The Bertz CT molecular complexity index is 397. The van der Waals surface area contributed by atoms with Crippen molar-refractivity contribution in [1.29, 1.82) is 0 Å². The molecular formula is C21H39NO2. The highest BCUT2D eigenvalue weighted by atomic mass is 16.7. The van der Waals surface area contributed by atoms with Crippen LogP contribution in [0.15, 0.2) is 0 Å². The van der Waals surface area contributed by atoms with E-state index in [1.54, 1.807) is 0 Å². The van der Waals surface area contributed by atoms with Crippen LogP contribution >= 0.6 is 0 Å². The first-order valence-electron chi connectivity index (χ1n) is 10.5. The average molecular weight is 338 g/mol. The normalized spacial score (nSPS) is 34.4. The number of ether oxygens (including phenoxy) is 2. The molecule has 3 aliphatic rings. The highest BCUT2D eigenvalue weighted by molar-refractivity contribution is 4.90. The van der Waals surface area contributed by atoms with Gasteiger partial charge in [-0.15, -0.1) is 0 Å². The van der Waals surface area contributed by atoms with Crippen molar-refractivity contribution in [2.45, 2.75) is 91.0 Å². The van der Waals surface area contributed by atoms with E-state index in [2.05, 4.69) is 32.6 Å². The third kappa shape index (κ3) is 4.53. The predicted molar refractivity (Wildman–Crippen MR) is 99.0 cm³/mol. The van der Waals surface area contributed by atoms with Crippen LogP contribution in [0.4, 0.5) is 0 Å². The van der Waals surface area contributed by atoms with E-state index in [-0.39, 0.29) is 5.79 Å². The molecule has 3 nitrogen and oxygen atoms in total. The lowest BCUT2D eigenvalue weighted by molar-refractivity contribution is -0.197. The van der Waals surface area contributed by atoms with Gasteiger partial charge in [-0.1, -0.05) is 34.1 Å². The fourth-order valence-electron chi connectivity index (χ4n) is 4.52. The first kappa shape index (κ1) is 18.7. The number of nitrogens with zero attached hydrogens (tertiary/aromatic N) is 1. The molecule has 1 aliphatic heterocycles. The Kier molecular flexibility index (Phi) is 5.94.